The lowest BCUT2D eigenvalue weighted by atomic mass is 9.80. The van der Waals surface area contributed by atoms with Crippen LogP contribution in [0.1, 0.15) is 41.5 Å². The molecule has 7 heteroatoms. The number of hydrogen-bond acceptors (Lipinski definition) is 5. The Hall–Kier alpha value is -1.60. The minimum absolute atomic E-state index is 0.186. The van der Waals surface area contributed by atoms with E-state index in [2.05, 4.69) is 10.3 Å². The van der Waals surface area contributed by atoms with Crippen LogP contribution in [0, 0.1) is 0 Å². The van der Waals surface area contributed by atoms with Crippen molar-refractivity contribution >= 4 is 24.2 Å². The molecule has 1 aliphatic heterocycles. The summed E-state index contributed by atoms with van der Waals surface area (Å²) in [5.74, 6) is 0.201. The predicted octanol–water partition coefficient (Wildman–Crippen LogP) is 1.74. The van der Waals surface area contributed by atoms with Crippen molar-refractivity contribution in [2.75, 3.05) is 11.9 Å². The Kier molecular flexibility index (Phi) is 4.49. The largest absolute Gasteiger partial charge is 0.496 e. The fourth-order valence-corrected chi connectivity index (χ4v) is 2.11. The van der Waals surface area contributed by atoms with Crippen LogP contribution in [-0.4, -0.2) is 35.8 Å². The molecule has 0 aromatic carbocycles. The Morgan fingerprint density at radius 2 is 1.91 bits per heavy atom. The number of rotatable bonds is 4. The number of pyridine rings is 1. The number of carbonyl (C=O) groups is 1. The molecule has 0 spiro atoms. The minimum atomic E-state index is -0.527. The zero-order chi connectivity index (χ0) is 16.5. The average molecular weight is 306 g/mol. The van der Waals surface area contributed by atoms with Gasteiger partial charge in [0, 0.05) is 18.6 Å². The van der Waals surface area contributed by atoms with Crippen molar-refractivity contribution in [3.63, 3.8) is 0 Å². The van der Waals surface area contributed by atoms with Crippen LogP contribution >= 0.6 is 0 Å². The maximum Gasteiger partial charge on any atom is 0.496 e. The van der Waals surface area contributed by atoms with Crippen LogP contribution in [0.5, 0.6) is 5.88 Å². The highest BCUT2D eigenvalue weighted by Gasteiger charge is 2.51. The Labute approximate surface area is 131 Å². The van der Waals surface area contributed by atoms with Crippen LogP contribution in [0.15, 0.2) is 12.3 Å². The molecule has 1 fully saturated rings. The SMILES string of the molecule is CCOc1ncc(B2OC(C)(C)C(C)(C)O2)cc1NC(C)=O. The van der Waals surface area contributed by atoms with Gasteiger partial charge in [0.1, 0.15) is 5.69 Å². The first-order valence-electron chi connectivity index (χ1n) is 7.42. The topological polar surface area (TPSA) is 69.7 Å². The van der Waals surface area contributed by atoms with Gasteiger partial charge in [-0.05, 0) is 40.7 Å². The molecule has 0 bridgehead atoms. The summed E-state index contributed by atoms with van der Waals surface area (Å²) in [6, 6.07) is 1.78. The second-order valence-electron chi connectivity index (χ2n) is 6.32. The summed E-state index contributed by atoms with van der Waals surface area (Å²) in [5, 5.41) is 2.73. The second-order valence-corrected chi connectivity index (χ2v) is 6.32. The lowest BCUT2D eigenvalue weighted by Crippen LogP contribution is -2.41. The van der Waals surface area contributed by atoms with Crippen LogP contribution in [0.2, 0.25) is 0 Å². The number of amides is 1. The fraction of sp³-hybridized carbons (Fsp3) is 0.600. The number of anilines is 1. The summed E-state index contributed by atoms with van der Waals surface area (Å²) >= 11 is 0. The first-order chi connectivity index (χ1) is 10.2. The number of nitrogens with one attached hydrogen (secondary N) is 1. The standard InChI is InChI=1S/C15H23BN2O4/c1-7-20-13-12(18-10(2)19)8-11(9-17-13)16-21-14(3,4)15(5,6)22-16/h8-9H,7H2,1-6H3,(H,18,19). The third-order valence-electron chi connectivity index (χ3n) is 3.99. The van der Waals surface area contributed by atoms with Crippen molar-refractivity contribution in [1.82, 2.24) is 4.98 Å². The molecule has 2 rings (SSSR count). The molecule has 1 amide bonds. The Morgan fingerprint density at radius 1 is 1.32 bits per heavy atom. The molecule has 0 saturated carbocycles. The number of ether oxygens (including phenoxy) is 1. The molecule has 6 nitrogen and oxygen atoms in total. The van der Waals surface area contributed by atoms with Crippen LogP contribution in [0.25, 0.3) is 0 Å². The summed E-state index contributed by atoms with van der Waals surface area (Å²) < 4.78 is 17.4. The maximum atomic E-state index is 11.4. The third-order valence-corrected chi connectivity index (χ3v) is 3.99. The average Bonchev–Trinajstić information content (AvgIpc) is 2.60. The molecule has 2 heterocycles. The Morgan fingerprint density at radius 3 is 2.41 bits per heavy atom. The van der Waals surface area contributed by atoms with Gasteiger partial charge in [0.15, 0.2) is 0 Å². The molecule has 1 aliphatic rings. The Bertz CT molecular complexity index is 559. The molecule has 0 atom stereocenters. The quantitative estimate of drug-likeness (QED) is 0.858. The molecule has 22 heavy (non-hydrogen) atoms. The first-order valence-corrected chi connectivity index (χ1v) is 7.42. The van der Waals surface area contributed by atoms with Crippen molar-refractivity contribution < 1.29 is 18.8 Å². The zero-order valence-corrected chi connectivity index (χ0v) is 14.0. The molecule has 1 saturated heterocycles. The number of nitrogens with zero attached hydrogens (tertiary/aromatic N) is 1. The van der Waals surface area contributed by atoms with Gasteiger partial charge < -0.3 is 19.4 Å². The molecule has 1 N–H and O–H groups in total. The van der Waals surface area contributed by atoms with E-state index < -0.39 is 18.3 Å². The van der Waals surface area contributed by atoms with Gasteiger partial charge in [-0.2, -0.15) is 0 Å². The van der Waals surface area contributed by atoms with Crippen molar-refractivity contribution in [2.45, 2.75) is 52.7 Å². The van der Waals surface area contributed by atoms with E-state index in [1.165, 1.54) is 6.92 Å². The summed E-state index contributed by atoms with van der Waals surface area (Å²) in [7, 11) is -0.527. The van der Waals surface area contributed by atoms with Gasteiger partial charge in [-0.15, -0.1) is 0 Å². The third kappa shape index (κ3) is 3.25. The number of carbonyl (C=O) groups excluding carboxylic acids is 1. The highest BCUT2D eigenvalue weighted by Crippen LogP contribution is 2.36. The van der Waals surface area contributed by atoms with E-state index in [1.54, 1.807) is 12.3 Å². The van der Waals surface area contributed by atoms with E-state index >= 15 is 0 Å². The molecular formula is C15H23BN2O4. The lowest BCUT2D eigenvalue weighted by molar-refractivity contribution is -0.114. The fourth-order valence-electron chi connectivity index (χ4n) is 2.11. The Balaban J connectivity index is 2.31. The molecule has 1 aromatic rings. The van der Waals surface area contributed by atoms with Crippen LogP contribution in [-0.2, 0) is 14.1 Å². The monoisotopic (exact) mass is 306 g/mol. The van der Waals surface area contributed by atoms with E-state index in [0.717, 1.165) is 5.46 Å². The van der Waals surface area contributed by atoms with Gasteiger partial charge in [0.25, 0.3) is 0 Å². The molecule has 0 aliphatic carbocycles. The van der Waals surface area contributed by atoms with Gasteiger partial charge in [-0.25, -0.2) is 4.98 Å². The van der Waals surface area contributed by atoms with Gasteiger partial charge in [0.05, 0.1) is 17.8 Å². The number of hydrogen-bond donors (Lipinski definition) is 1. The van der Waals surface area contributed by atoms with Crippen molar-refractivity contribution in [1.29, 1.82) is 0 Å². The predicted molar refractivity (Wildman–Crippen MR) is 85.4 cm³/mol. The van der Waals surface area contributed by atoms with Gasteiger partial charge >= 0.3 is 7.12 Å². The first kappa shape index (κ1) is 16.8. The lowest BCUT2D eigenvalue weighted by Gasteiger charge is -2.32. The second kappa shape index (κ2) is 5.89. The normalized spacial score (nSPS) is 19.1. The number of aromatic nitrogens is 1. The van der Waals surface area contributed by atoms with Crippen LogP contribution in [0.3, 0.4) is 0 Å². The maximum absolute atomic E-state index is 11.4. The smallest absolute Gasteiger partial charge is 0.476 e. The highest BCUT2D eigenvalue weighted by atomic mass is 16.7. The molecule has 0 radical (unpaired) electrons. The van der Waals surface area contributed by atoms with Crippen LogP contribution < -0.4 is 15.5 Å². The van der Waals surface area contributed by atoms with Crippen LogP contribution in [0.4, 0.5) is 5.69 Å². The van der Waals surface area contributed by atoms with Gasteiger partial charge in [-0.1, -0.05) is 0 Å². The van der Waals surface area contributed by atoms with E-state index in [4.69, 9.17) is 14.0 Å². The molecule has 0 unspecified atom stereocenters. The molecular weight excluding hydrogens is 283 g/mol. The highest BCUT2D eigenvalue weighted by molar-refractivity contribution is 6.62. The molecule has 120 valence electrons. The summed E-state index contributed by atoms with van der Waals surface area (Å²) in [6.07, 6.45) is 1.65. The summed E-state index contributed by atoms with van der Waals surface area (Å²) in [5.41, 5.74) is 0.405. The van der Waals surface area contributed by atoms with E-state index in [1.807, 2.05) is 34.6 Å². The van der Waals surface area contributed by atoms with Crippen molar-refractivity contribution in [3.05, 3.63) is 12.3 Å². The zero-order valence-electron chi connectivity index (χ0n) is 14.0. The summed E-state index contributed by atoms with van der Waals surface area (Å²) in [4.78, 5) is 15.6. The molecule has 1 aromatic heterocycles. The van der Waals surface area contributed by atoms with Gasteiger partial charge in [-0.3, -0.25) is 4.79 Å². The van der Waals surface area contributed by atoms with E-state index in [-0.39, 0.29) is 5.91 Å². The summed E-state index contributed by atoms with van der Waals surface area (Å²) in [6.45, 7) is 11.7. The van der Waals surface area contributed by atoms with Crippen molar-refractivity contribution in [2.24, 2.45) is 0 Å². The van der Waals surface area contributed by atoms with Crippen molar-refractivity contribution in [3.8, 4) is 5.88 Å². The van der Waals surface area contributed by atoms with E-state index in [0.29, 0.717) is 18.2 Å². The van der Waals surface area contributed by atoms with E-state index in [9.17, 15) is 4.79 Å². The minimum Gasteiger partial charge on any atom is -0.476 e. The van der Waals surface area contributed by atoms with Gasteiger partial charge in [0.2, 0.25) is 11.8 Å².